The van der Waals surface area contributed by atoms with Crippen LogP contribution in [-0.2, 0) is 9.53 Å². The van der Waals surface area contributed by atoms with Gasteiger partial charge in [-0.1, -0.05) is 32.0 Å². The summed E-state index contributed by atoms with van der Waals surface area (Å²) in [5.41, 5.74) is 0.480. The van der Waals surface area contributed by atoms with Gasteiger partial charge in [0.05, 0.1) is 0 Å². The van der Waals surface area contributed by atoms with Gasteiger partial charge in [0.1, 0.15) is 0 Å². The third-order valence-electron chi connectivity index (χ3n) is 3.33. The molecule has 0 aliphatic carbocycles. The Bertz CT molecular complexity index is 759. The lowest BCUT2D eigenvalue weighted by molar-refractivity contribution is -0.123. The van der Waals surface area contributed by atoms with Gasteiger partial charge in [-0.15, -0.1) is 11.3 Å². The third kappa shape index (κ3) is 6.29. The molecule has 1 aromatic heterocycles. The number of carbonyl (C=O) groups is 3. The van der Waals surface area contributed by atoms with Crippen molar-refractivity contribution in [2.45, 2.75) is 20.3 Å². The number of anilines is 1. The zero-order chi connectivity index (χ0) is 18.9. The van der Waals surface area contributed by atoms with E-state index in [9.17, 15) is 14.4 Å². The van der Waals surface area contributed by atoms with Gasteiger partial charge in [-0.05, 0) is 24.5 Å². The number of imide groups is 1. The van der Waals surface area contributed by atoms with Crippen LogP contribution < -0.4 is 10.6 Å². The number of rotatable bonds is 8. The van der Waals surface area contributed by atoms with Crippen LogP contribution in [0, 0.1) is 5.92 Å². The quantitative estimate of drug-likeness (QED) is 0.689. The summed E-state index contributed by atoms with van der Waals surface area (Å²) in [4.78, 5) is 39.6. The Balaban J connectivity index is 1.76. The lowest BCUT2D eigenvalue weighted by Gasteiger charge is -2.05. The molecule has 1 heterocycles. The third-order valence-corrected chi connectivity index (χ3v) is 4.13. The lowest BCUT2D eigenvalue weighted by Crippen LogP contribution is -2.34. The molecule has 0 aliphatic rings. The zero-order valence-electron chi connectivity index (χ0n) is 14.7. The summed E-state index contributed by atoms with van der Waals surface area (Å²) >= 11 is 1.29. The van der Waals surface area contributed by atoms with E-state index in [0.717, 1.165) is 13.0 Å². The average Bonchev–Trinajstić information content (AvgIpc) is 3.09. The molecule has 2 aromatic rings. The molecule has 0 aliphatic heterocycles. The van der Waals surface area contributed by atoms with Crippen LogP contribution in [-0.4, -0.2) is 35.9 Å². The highest BCUT2D eigenvalue weighted by Crippen LogP contribution is 2.16. The van der Waals surface area contributed by atoms with Gasteiger partial charge in [-0.25, -0.2) is 9.78 Å². The number of hydrogen-bond donors (Lipinski definition) is 2. The van der Waals surface area contributed by atoms with Crippen molar-refractivity contribution >= 4 is 34.3 Å². The molecule has 2 N–H and O–H groups in total. The van der Waals surface area contributed by atoms with Crippen LogP contribution in [0.15, 0.2) is 35.7 Å². The Morgan fingerprint density at radius 2 is 1.92 bits per heavy atom. The molecular weight excluding hydrogens is 354 g/mol. The molecular formula is C18H21N3O4S. The maximum atomic E-state index is 11.9. The fraction of sp³-hybridized carbons (Fsp3) is 0.333. The van der Waals surface area contributed by atoms with Crippen molar-refractivity contribution in [3.05, 3.63) is 47.0 Å². The number of nitrogens with one attached hydrogen (secondary N) is 2. The van der Waals surface area contributed by atoms with Crippen LogP contribution in [0.2, 0.25) is 0 Å². The highest BCUT2D eigenvalue weighted by molar-refractivity contribution is 7.13. The second kappa shape index (κ2) is 9.67. The molecule has 8 heteroatoms. The van der Waals surface area contributed by atoms with Crippen LogP contribution in [0.25, 0.3) is 0 Å². The van der Waals surface area contributed by atoms with Crippen molar-refractivity contribution in [1.29, 1.82) is 0 Å². The number of aromatic nitrogens is 1. The van der Waals surface area contributed by atoms with E-state index in [-0.39, 0.29) is 5.69 Å². The van der Waals surface area contributed by atoms with Gasteiger partial charge in [0.2, 0.25) is 0 Å². The molecule has 26 heavy (non-hydrogen) atoms. The van der Waals surface area contributed by atoms with Gasteiger partial charge in [0.15, 0.2) is 17.4 Å². The number of thiazole rings is 1. The topological polar surface area (TPSA) is 97.4 Å². The van der Waals surface area contributed by atoms with Crippen molar-refractivity contribution in [2.24, 2.45) is 5.92 Å². The molecule has 0 fully saturated rings. The monoisotopic (exact) mass is 375 g/mol. The molecule has 1 aromatic carbocycles. The van der Waals surface area contributed by atoms with Crippen LogP contribution in [0.5, 0.6) is 0 Å². The van der Waals surface area contributed by atoms with Gasteiger partial charge in [-0.3, -0.25) is 14.9 Å². The summed E-state index contributed by atoms with van der Waals surface area (Å²) in [6.07, 6.45) is 0.995. The molecule has 0 unspecified atom stereocenters. The van der Waals surface area contributed by atoms with E-state index in [4.69, 9.17) is 4.74 Å². The number of nitrogens with zero attached hydrogens (tertiary/aromatic N) is 1. The van der Waals surface area contributed by atoms with Crippen LogP contribution in [0.3, 0.4) is 0 Å². The number of esters is 1. The van der Waals surface area contributed by atoms with E-state index in [1.807, 2.05) is 0 Å². The molecule has 0 saturated heterocycles. The number of carbonyl (C=O) groups excluding carboxylic acids is 3. The van der Waals surface area contributed by atoms with E-state index in [2.05, 4.69) is 29.5 Å². The highest BCUT2D eigenvalue weighted by Gasteiger charge is 2.16. The first-order valence-corrected chi connectivity index (χ1v) is 9.09. The van der Waals surface area contributed by atoms with Crippen LogP contribution >= 0.6 is 11.3 Å². The fourth-order valence-corrected chi connectivity index (χ4v) is 2.65. The fourth-order valence-electron chi connectivity index (χ4n) is 1.95. The van der Waals surface area contributed by atoms with E-state index in [1.165, 1.54) is 11.3 Å². The van der Waals surface area contributed by atoms with Gasteiger partial charge < -0.3 is 10.1 Å². The lowest BCUT2D eigenvalue weighted by atomic mass is 10.1. The predicted octanol–water partition coefficient (Wildman–Crippen LogP) is 2.71. The van der Waals surface area contributed by atoms with E-state index in [1.54, 1.807) is 35.7 Å². The Morgan fingerprint density at radius 1 is 1.19 bits per heavy atom. The first kappa shape index (κ1) is 19.6. The minimum Gasteiger partial charge on any atom is -0.451 e. The normalized spacial score (nSPS) is 10.4. The molecule has 0 saturated carbocycles. The Kier molecular flexibility index (Phi) is 7.28. The number of amides is 2. The average molecular weight is 375 g/mol. The number of hydrogen-bond acceptors (Lipinski definition) is 7. The number of ether oxygens (including phenoxy) is 1. The summed E-state index contributed by atoms with van der Waals surface area (Å²) in [6, 6.07) is 8.30. The maximum absolute atomic E-state index is 11.9. The molecule has 138 valence electrons. The maximum Gasteiger partial charge on any atom is 0.358 e. The summed E-state index contributed by atoms with van der Waals surface area (Å²) in [6.45, 7) is 4.47. The van der Waals surface area contributed by atoms with Gasteiger partial charge >= 0.3 is 5.97 Å². The van der Waals surface area contributed by atoms with Crippen molar-refractivity contribution in [3.8, 4) is 0 Å². The second-order valence-corrected chi connectivity index (χ2v) is 6.82. The molecule has 2 amide bonds. The van der Waals surface area contributed by atoms with E-state index in [0.29, 0.717) is 16.6 Å². The first-order chi connectivity index (χ1) is 12.5. The molecule has 0 bridgehead atoms. The summed E-state index contributed by atoms with van der Waals surface area (Å²) in [5.74, 6) is -1.38. The van der Waals surface area contributed by atoms with Crippen molar-refractivity contribution in [2.75, 3.05) is 18.5 Å². The van der Waals surface area contributed by atoms with Crippen LogP contribution in [0.4, 0.5) is 5.13 Å². The molecule has 0 atom stereocenters. The standard InChI is InChI=1S/C18H21N3O4S/c1-12(2)8-9-19-18-20-14(11-26-18)17(24)25-10-15(22)21-16(23)13-6-4-3-5-7-13/h3-7,11-12H,8-10H2,1-2H3,(H,19,20)(H,21,22,23). The van der Waals surface area contributed by atoms with E-state index >= 15 is 0 Å². The SMILES string of the molecule is CC(C)CCNc1nc(C(=O)OCC(=O)NC(=O)c2ccccc2)cs1. The van der Waals surface area contributed by atoms with E-state index < -0.39 is 24.4 Å². The van der Waals surface area contributed by atoms with Crippen molar-refractivity contribution in [1.82, 2.24) is 10.3 Å². The Hall–Kier alpha value is -2.74. The van der Waals surface area contributed by atoms with Gasteiger partial charge in [-0.2, -0.15) is 0 Å². The number of benzene rings is 1. The summed E-state index contributed by atoms with van der Waals surface area (Å²) in [7, 11) is 0. The molecule has 2 rings (SSSR count). The molecule has 7 nitrogen and oxygen atoms in total. The smallest absolute Gasteiger partial charge is 0.358 e. The second-order valence-electron chi connectivity index (χ2n) is 5.97. The van der Waals surface area contributed by atoms with Crippen LogP contribution in [0.1, 0.15) is 41.1 Å². The summed E-state index contributed by atoms with van der Waals surface area (Å²) < 4.78 is 4.90. The molecule has 0 spiro atoms. The highest BCUT2D eigenvalue weighted by atomic mass is 32.1. The van der Waals surface area contributed by atoms with Crippen molar-refractivity contribution < 1.29 is 19.1 Å². The Morgan fingerprint density at radius 3 is 2.62 bits per heavy atom. The zero-order valence-corrected chi connectivity index (χ0v) is 15.5. The predicted molar refractivity (Wildman–Crippen MR) is 99.3 cm³/mol. The minimum absolute atomic E-state index is 0.129. The largest absolute Gasteiger partial charge is 0.451 e. The molecule has 0 radical (unpaired) electrons. The summed E-state index contributed by atoms with van der Waals surface area (Å²) in [5, 5.41) is 7.49. The van der Waals surface area contributed by atoms with Crippen molar-refractivity contribution in [3.63, 3.8) is 0 Å². The van der Waals surface area contributed by atoms with Gasteiger partial charge in [0, 0.05) is 17.5 Å². The minimum atomic E-state index is -0.708. The first-order valence-electron chi connectivity index (χ1n) is 8.21. The Labute approximate surface area is 155 Å². The van der Waals surface area contributed by atoms with Gasteiger partial charge in [0.25, 0.3) is 11.8 Å².